The van der Waals surface area contributed by atoms with E-state index in [9.17, 15) is 4.79 Å². The third-order valence-corrected chi connectivity index (χ3v) is 2.52. The van der Waals surface area contributed by atoms with Gasteiger partial charge in [0.1, 0.15) is 0 Å². The minimum Gasteiger partial charge on any atom is -0.375 e. The molecule has 1 aromatic heterocycles. The number of nitrogens with zero attached hydrogens (tertiary/aromatic N) is 1. The van der Waals surface area contributed by atoms with E-state index in [1.807, 2.05) is 19.2 Å². The molecule has 0 saturated carbocycles. The van der Waals surface area contributed by atoms with Crippen molar-refractivity contribution in [1.29, 1.82) is 0 Å². The van der Waals surface area contributed by atoms with Gasteiger partial charge in [0, 0.05) is 26.2 Å². The first-order chi connectivity index (χ1) is 9.72. The minimum atomic E-state index is -0.0469. The average Bonchev–Trinajstić information content (AvgIpc) is 2.44. The molecule has 0 aromatic carbocycles. The Hall–Kier alpha value is -1.50. The number of likely N-dealkylation sites (N-methyl/N-ethyl adjacent to an activating group) is 1. The summed E-state index contributed by atoms with van der Waals surface area (Å²) in [4.78, 5) is 14.9. The Bertz CT molecular complexity index is 382. The molecular formula is C14H23N3O3. The average molecular weight is 281 g/mol. The van der Waals surface area contributed by atoms with Crippen LogP contribution in [0.25, 0.3) is 0 Å². The number of nitrogens with one attached hydrogen (secondary N) is 2. The Morgan fingerprint density at radius 3 is 2.60 bits per heavy atom. The lowest BCUT2D eigenvalue weighted by Crippen LogP contribution is -2.24. The summed E-state index contributed by atoms with van der Waals surface area (Å²) in [6, 6.07) is 3.91. The molecule has 0 unspecified atom stereocenters. The lowest BCUT2D eigenvalue weighted by molar-refractivity contribution is -0.119. The van der Waals surface area contributed by atoms with Crippen molar-refractivity contribution >= 4 is 5.91 Å². The smallest absolute Gasteiger partial charge is 0.216 e. The summed E-state index contributed by atoms with van der Waals surface area (Å²) < 4.78 is 10.9. The summed E-state index contributed by atoms with van der Waals surface area (Å²) in [6.07, 6.45) is 1.80. The van der Waals surface area contributed by atoms with Crippen LogP contribution in [-0.4, -0.2) is 44.2 Å². The number of pyridine rings is 1. The Balaban J connectivity index is 2.16. The molecule has 0 saturated heterocycles. The Morgan fingerprint density at radius 2 is 1.95 bits per heavy atom. The number of carbonyl (C=O) groups excluding carboxylic acids is 1. The second kappa shape index (κ2) is 10.3. The molecule has 112 valence electrons. The van der Waals surface area contributed by atoms with Gasteiger partial charge in [0.15, 0.2) is 0 Å². The van der Waals surface area contributed by atoms with Crippen LogP contribution in [0.4, 0.5) is 0 Å². The van der Waals surface area contributed by atoms with Crippen LogP contribution >= 0.6 is 0 Å². The van der Waals surface area contributed by atoms with Crippen molar-refractivity contribution in [1.82, 2.24) is 15.6 Å². The van der Waals surface area contributed by atoms with Gasteiger partial charge in [0.05, 0.1) is 32.1 Å². The van der Waals surface area contributed by atoms with Gasteiger partial charge in [0.2, 0.25) is 5.91 Å². The van der Waals surface area contributed by atoms with Crippen LogP contribution < -0.4 is 10.6 Å². The molecule has 1 heterocycles. The monoisotopic (exact) mass is 281 g/mol. The van der Waals surface area contributed by atoms with Crippen LogP contribution in [0.3, 0.4) is 0 Å². The van der Waals surface area contributed by atoms with E-state index in [4.69, 9.17) is 9.47 Å². The highest BCUT2D eigenvalue weighted by Crippen LogP contribution is 2.03. The number of rotatable bonds is 10. The van der Waals surface area contributed by atoms with Crippen LogP contribution in [0.5, 0.6) is 0 Å². The molecule has 0 radical (unpaired) electrons. The standard InChI is InChI=1S/C14H23N3O3/c1-12(18)16-6-8-20-11-14-4-3-13(9-17-14)10-19-7-5-15-2/h3-4,9,15H,5-8,10-11H2,1-2H3,(H,16,18). The number of ether oxygens (including phenoxy) is 2. The fourth-order valence-electron chi connectivity index (χ4n) is 1.47. The molecule has 0 atom stereocenters. The predicted molar refractivity (Wildman–Crippen MR) is 76.2 cm³/mol. The molecule has 1 aromatic rings. The normalized spacial score (nSPS) is 10.5. The van der Waals surface area contributed by atoms with Crippen molar-refractivity contribution in [2.75, 3.05) is 33.4 Å². The quantitative estimate of drug-likeness (QED) is 0.610. The summed E-state index contributed by atoms with van der Waals surface area (Å²) in [6.45, 7) is 5.03. The van der Waals surface area contributed by atoms with Gasteiger partial charge in [-0.2, -0.15) is 0 Å². The summed E-state index contributed by atoms with van der Waals surface area (Å²) >= 11 is 0. The van der Waals surface area contributed by atoms with Crippen molar-refractivity contribution in [3.8, 4) is 0 Å². The molecule has 1 amide bonds. The van der Waals surface area contributed by atoms with Crippen molar-refractivity contribution in [2.24, 2.45) is 0 Å². The zero-order valence-electron chi connectivity index (χ0n) is 12.1. The van der Waals surface area contributed by atoms with Crippen LogP contribution in [0.15, 0.2) is 18.3 Å². The van der Waals surface area contributed by atoms with E-state index in [1.54, 1.807) is 6.20 Å². The van der Waals surface area contributed by atoms with Crippen molar-refractivity contribution in [3.05, 3.63) is 29.6 Å². The maximum Gasteiger partial charge on any atom is 0.216 e. The van der Waals surface area contributed by atoms with Crippen molar-refractivity contribution < 1.29 is 14.3 Å². The van der Waals surface area contributed by atoms with E-state index in [0.717, 1.165) is 17.8 Å². The minimum absolute atomic E-state index is 0.0469. The fourth-order valence-corrected chi connectivity index (χ4v) is 1.47. The fraction of sp³-hybridized carbons (Fsp3) is 0.571. The molecule has 0 aliphatic heterocycles. The Kier molecular flexibility index (Phi) is 8.53. The van der Waals surface area contributed by atoms with Crippen LogP contribution in [-0.2, 0) is 27.5 Å². The number of aromatic nitrogens is 1. The third-order valence-electron chi connectivity index (χ3n) is 2.52. The van der Waals surface area contributed by atoms with Gasteiger partial charge in [-0.15, -0.1) is 0 Å². The molecule has 1 rings (SSSR count). The molecule has 2 N–H and O–H groups in total. The van der Waals surface area contributed by atoms with E-state index >= 15 is 0 Å². The molecule has 20 heavy (non-hydrogen) atoms. The second-order valence-corrected chi connectivity index (χ2v) is 4.35. The summed E-state index contributed by atoms with van der Waals surface area (Å²) in [7, 11) is 1.89. The maximum atomic E-state index is 10.6. The molecule has 0 aliphatic carbocycles. The highest BCUT2D eigenvalue weighted by atomic mass is 16.5. The third kappa shape index (κ3) is 7.83. The number of hydrogen-bond donors (Lipinski definition) is 2. The molecule has 6 heteroatoms. The molecule has 0 bridgehead atoms. The maximum absolute atomic E-state index is 10.6. The molecular weight excluding hydrogens is 258 g/mol. The van der Waals surface area contributed by atoms with E-state index in [1.165, 1.54) is 6.92 Å². The number of amides is 1. The second-order valence-electron chi connectivity index (χ2n) is 4.35. The van der Waals surface area contributed by atoms with E-state index in [2.05, 4.69) is 15.6 Å². The van der Waals surface area contributed by atoms with Crippen LogP contribution in [0, 0.1) is 0 Å². The molecule has 0 spiro atoms. The molecule has 0 fully saturated rings. The van der Waals surface area contributed by atoms with Gasteiger partial charge < -0.3 is 20.1 Å². The van der Waals surface area contributed by atoms with E-state index in [-0.39, 0.29) is 5.91 Å². The van der Waals surface area contributed by atoms with Gasteiger partial charge in [-0.05, 0) is 18.7 Å². The first kappa shape index (κ1) is 16.6. The number of carbonyl (C=O) groups is 1. The first-order valence-corrected chi connectivity index (χ1v) is 6.70. The van der Waals surface area contributed by atoms with Crippen LogP contribution in [0.1, 0.15) is 18.2 Å². The predicted octanol–water partition coefficient (Wildman–Crippen LogP) is 0.470. The highest BCUT2D eigenvalue weighted by Gasteiger charge is 1.98. The summed E-state index contributed by atoms with van der Waals surface area (Å²) in [5, 5.41) is 5.69. The highest BCUT2D eigenvalue weighted by molar-refractivity contribution is 5.72. The van der Waals surface area contributed by atoms with E-state index in [0.29, 0.717) is 33.0 Å². The number of hydrogen-bond acceptors (Lipinski definition) is 5. The molecule has 6 nitrogen and oxygen atoms in total. The van der Waals surface area contributed by atoms with Gasteiger partial charge in [-0.25, -0.2) is 0 Å². The van der Waals surface area contributed by atoms with Crippen LogP contribution in [0.2, 0.25) is 0 Å². The largest absolute Gasteiger partial charge is 0.375 e. The Morgan fingerprint density at radius 1 is 1.20 bits per heavy atom. The van der Waals surface area contributed by atoms with Gasteiger partial charge in [0.25, 0.3) is 0 Å². The summed E-state index contributed by atoms with van der Waals surface area (Å²) in [5.41, 5.74) is 1.91. The zero-order valence-corrected chi connectivity index (χ0v) is 12.1. The first-order valence-electron chi connectivity index (χ1n) is 6.70. The van der Waals surface area contributed by atoms with E-state index < -0.39 is 0 Å². The zero-order chi connectivity index (χ0) is 14.6. The van der Waals surface area contributed by atoms with Gasteiger partial charge >= 0.3 is 0 Å². The SMILES string of the molecule is CNCCOCc1ccc(COCCNC(C)=O)nc1. The molecule has 0 aliphatic rings. The lowest BCUT2D eigenvalue weighted by atomic mass is 10.2. The van der Waals surface area contributed by atoms with Crippen molar-refractivity contribution in [3.63, 3.8) is 0 Å². The summed E-state index contributed by atoms with van der Waals surface area (Å²) in [5.74, 6) is -0.0469. The van der Waals surface area contributed by atoms with Gasteiger partial charge in [-0.3, -0.25) is 9.78 Å². The Labute approximate surface area is 119 Å². The topological polar surface area (TPSA) is 72.5 Å². The van der Waals surface area contributed by atoms with Crippen molar-refractivity contribution in [2.45, 2.75) is 20.1 Å². The van der Waals surface area contributed by atoms with Gasteiger partial charge in [-0.1, -0.05) is 6.07 Å². The lowest BCUT2D eigenvalue weighted by Gasteiger charge is -2.06.